The number of benzene rings is 1. The summed E-state index contributed by atoms with van der Waals surface area (Å²) in [7, 11) is 0. The molecule has 0 spiro atoms. The van der Waals surface area contributed by atoms with Crippen molar-refractivity contribution in [1.82, 2.24) is 0 Å². The Morgan fingerprint density at radius 2 is 1.73 bits per heavy atom. The fourth-order valence-electron chi connectivity index (χ4n) is 0.626. The van der Waals surface area contributed by atoms with Gasteiger partial charge in [0, 0.05) is 5.69 Å². The van der Waals surface area contributed by atoms with Gasteiger partial charge in [-0.1, -0.05) is 0 Å². The quantitative estimate of drug-likeness (QED) is 0.525. The van der Waals surface area contributed by atoms with E-state index in [0.29, 0.717) is 5.69 Å². The minimum absolute atomic E-state index is 0. The first-order valence-corrected chi connectivity index (χ1v) is 2.79. The number of anilines is 1. The zero-order chi connectivity index (χ0) is 7.56. The Labute approximate surface area is 74.7 Å². The number of aromatic carboxylic acids is 1. The van der Waals surface area contributed by atoms with E-state index in [-0.39, 0.29) is 22.6 Å². The van der Waals surface area contributed by atoms with Crippen LogP contribution in [0.2, 0.25) is 0 Å². The molecule has 0 aliphatic heterocycles. The molecule has 11 heavy (non-hydrogen) atoms. The molecule has 0 heterocycles. The molecule has 0 amide bonds. The van der Waals surface area contributed by atoms with Crippen molar-refractivity contribution >= 4 is 11.7 Å². The molecule has 0 aromatic heterocycles. The number of hydrogen-bond acceptors (Lipinski definition) is 2. The van der Waals surface area contributed by atoms with Gasteiger partial charge >= 0.3 is 23.0 Å². The molecule has 0 saturated heterocycles. The summed E-state index contributed by atoms with van der Waals surface area (Å²) in [4.78, 5) is 10.3. The standard InChI is InChI=1S/C7H7NO2.Cu/c8-6-3-1-5(2-4-6)7(9)10;/h1-4H,8H2,(H,9,10);/q;+2. The summed E-state index contributed by atoms with van der Waals surface area (Å²) in [5.74, 6) is -0.931. The average Bonchev–Trinajstić information content (AvgIpc) is 1.88. The van der Waals surface area contributed by atoms with Crippen molar-refractivity contribution < 1.29 is 27.0 Å². The number of nitrogen functional groups attached to an aromatic ring is 1. The average molecular weight is 201 g/mol. The molecule has 4 heteroatoms. The summed E-state index contributed by atoms with van der Waals surface area (Å²) >= 11 is 0. The van der Waals surface area contributed by atoms with Crippen LogP contribution in [0.3, 0.4) is 0 Å². The van der Waals surface area contributed by atoms with E-state index in [1.165, 1.54) is 12.1 Å². The smallest absolute Gasteiger partial charge is 0.478 e. The predicted octanol–water partition coefficient (Wildman–Crippen LogP) is 0.965. The van der Waals surface area contributed by atoms with E-state index < -0.39 is 5.97 Å². The van der Waals surface area contributed by atoms with Gasteiger partial charge in [0.15, 0.2) is 0 Å². The van der Waals surface area contributed by atoms with Crippen LogP contribution in [0.15, 0.2) is 24.3 Å². The van der Waals surface area contributed by atoms with E-state index in [2.05, 4.69) is 0 Å². The second kappa shape index (κ2) is 4.01. The van der Waals surface area contributed by atoms with Gasteiger partial charge in [-0.05, 0) is 24.3 Å². The number of hydrogen-bond donors (Lipinski definition) is 2. The molecule has 0 aliphatic carbocycles. The van der Waals surface area contributed by atoms with Crippen molar-refractivity contribution in [3.05, 3.63) is 29.8 Å². The Bertz CT molecular complexity index is 245. The van der Waals surface area contributed by atoms with Crippen LogP contribution < -0.4 is 5.73 Å². The van der Waals surface area contributed by atoms with Crippen LogP contribution in [0.5, 0.6) is 0 Å². The zero-order valence-corrected chi connectivity index (χ0v) is 6.49. The predicted molar refractivity (Wildman–Crippen MR) is 37.8 cm³/mol. The largest absolute Gasteiger partial charge is 2.00 e. The van der Waals surface area contributed by atoms with Gasteiger partial charge in [-0.15, -0.1) is 0 Å². The Kier molecular flexibility index (Phi) is 3.65. The maximum absolute atomic E-state index is 10.3. The normalized spacial score (nSPS) is 8.36. The molecule has 0 atom stereocenters. The summed E-state index contributed by atoms with van der Waals surface area (Å²) < 4.78 is 0. The van der Waals surface area contributed by atoms with E-state index in [4.69, 9.17) is 10.8 Å². The zero-order valence-electron chi connectivity index (χ0n) is 5.54. The fraction of sp³-hybridized carbons (Fsp3) is 0. The molecule has 0 fully saturated rings. The van der Waals surface area contributed by atoms with Gasteiger partial charge in [0.2, 0.25) is 0 Å². The molecule has 0 bridgehead atoms. The van der Waals surface area contributed by atoms with Crippen molar-refractivity contribution in [2.24, 2.45) is 0 Å². The molecule has 0 unspecified atom stereocenters. The number of nitrogens with two attached hydrogens (primary N) is 1. The third-order valence-corrected chi connectivity index (χ3v) is 1.16. The second-order valence-electron chi connectivity index (χ2n) is 1.93. The maximum Gasteiger partial charge on any atom is 2.00 e. The SMILES string of the molecule is Nc1ccc(C(=O)O)cc1.[Cu+2]. The summed E-state index contributed by atoms with van der Waals surface area (Å²) in [6, 6.07) is 6.06. The van der Waals surface area contributed by atoms with Crippen LogP contribution >= 0.6 is 0 Å². The molecule has 61 valence electrons. The minimum Gasteiger partial charge on any atom is -0.478 e. The van der Waals surface area contributed by atoms with Gasteiger partial charge in [0.1, 0.15) is 0 Å². The van der Waals surface area contributed by atoms with Crippen molar-refractivity contribution in [3.63, 3.8) is 0 Å². The summed E-state index contributed by atoms with van der Waals surface area (Å²) in [6.45, 7) is 0. The van der Waals surface area contributed by atoms with E-state index in [1.807, 2.05) is 0 Å². The fourth-order valence-corrected chi connectivity index (χ4v) is 0.626. The molecule has 1 aromatic carbocycles. The molecule has 3 nitrogen and oxygen atoms in total. The monoisotopic (exact) mass is 200 g/mol. The summed E-state index contributed by atoms with van der Waals surface area (Å²) in [5.41, 5.74) is 6.17. The van der Waals surface area contributed by atoms with Crippen LogP contribution in [0.25, 0.3) is 0 Å². The first-order valence-electron chi connectivity index (χ1n) is 2.79. The molecule has 3 N–H and O–H groups in total. The number of carboxylic acid groups (broad SMARTS) is 1. The summed E-state index contributed by atoms with van der Waals surface area (Å²) in [5, 5.41) is 8.43. The first-order chi connectivity index (χ1) is 4.70. The van der Waals surface area contributed by atoms with Gasteiger partial charge in [-0.2, -0.15) is 0 Å². The molecule has 0 aliphatic rings. The maximum atomic E-state index is 10.3. The summed E-state index contributed by atoms with van der Waals surface area (Å²) in [6.07, 6.45) is 0. The van der Waals surface area contributed by atoms with Gasteiger partial charge < -0.3 is 10.8 Å². The van der Waals surface area contributed by atoms with Gasteiger partial charge in [-0.3, -0.25) is 0 Å². The second-order valence-corrected chi connectivity index (χ2v) is 1.93. The van der Waals surface area contributed by atoms with Crippen LogP contribution in [0.4, 0.5) is 5.69 Å². The van der Waals surface area contributed by atoms with Gasteiger partial charge in [0.25, 0.3) is 0 Å². The molecule has 1 rings (SSSR count). The first kappa shape index (κ1) is 10.0. The third kappa shape index (κ3) is 2.62. The van der Waals surface area contributed by atoms with E-state index in [1.54, 1.807) is 12.1 Å². The van der Waals surface area contributed by atoms with Crippen LogP contribution in [0.1, 0.15) is 10.4 Å². The van der Waals surface area contributed by atoms with Crippen molar-refractivity contribution in [1.29, 1.82) is 0 Å². The number of carbonyl (C=O) groups is 1. The number of rotatable bonds is 1. The molecular formula is C7H7CuNO2+2. The number of carboxylic acids is 1. The van der Waals surface area contributed by atoms with E-state index >= 15 is 0 Å². The van der Waals surface area contributed by atoms with Gasteiger partial charge in [-0.25, -0.2) is 4.79 Å². The Hall–Kier alpha value is -0.991. The Morgan fingerprint density at radius 1 is 1.27 bits per heavy atom. The topological polar surface area (TPSA) is 63.3 Å². The van der Waals surface area contributed by atoms with E-state index in [9.17, 15) is 4.79 Å². The van der Waals surface area contributed by atoms with E-state index in [0.717, 1.165) is 0 Å². The molecular weight excluding hydrogens is 194 g/mol. The Morgan fingerprint density at radius 3 is 2.09 bits per heavy atom. The van der Waals surface area contributed by atoms with Gasteiger partial charge in [0.05, 0.1) is 5.56 Å². The molecule has 1 radical (unpaired) electrons. The minimum atomic E-state index is -0.931. The molecule has 0 saturated carbocycles. The Balaban J connectivity index is 0.000001000. The van der Waals surface area contributed by atoms with Crippen LogP contribution in [0, 0.1) is 0 Å². The third-order valence-electron chi connectivity index (χ3n) is 1.16. The van der Waals surface area contributed by atoms with Crippen molar-refractivity contribution in [2.75, 3.05) is 5.73 Å². The molecule has 1 aromatic rings. The van der Waals surface area contributed by atoms with Crippen LogP contribution in [-0.2, 0) is 17.1 Å². The van der Waals surface area contributed by atoms with Crippen molar-refractivity contribution in [3.8, 4) is 0 Å². The van der Waals surface area contributed by atoms with Crippen molar-refractivity contribution in [2.45, 2.75) is 0 Å². The van der Waals surface area contributed by atoms with Crippen LogP contribution in [-0.4, -0.2) is 11.1 Å².